The SMILES string of the molecule is NCCOCCOCCOCCOCCNC(=O)OCC1c2ccccc2-c2ccccc21. The fourth-order valence-corrected chi connectivity index (χ4v) is 3.72. The molecule has 0 fully saturated rings. The Hall–Kier alpha value is -2.49. The topological polar surface area (TPSA) is 101 Å². The summed E-state index contributed by atoms with van der Waals surface area (Å²) in [7, 11) is 0. The number of nitrogens with one attached hydrogen (secondary N) is 1. The third kappa shape index (κ3) is 8.10. The molecule has 0 saturated heterocycles. The smallest absolute Gasteiger partial charge is 0.407 e. The number of hydrogen-bond donors (Lipinski definition) is 2. The Bertz CT molecular complexity index is 802. The molecule has 0 saturated carbocycles. The van der Waals surface area contributed by atoms with E-state index in [1.165, 1.54) is 22.3 Å². The van der Waals surface area contributed by atoms with Crippen LogP contribution in [0, 0.1) is 0 Å². The highest BCUT2D eigenvalue weighted by atomic mass is 16.6. The quantitative estimate of drug-likeness (QED) is 0.373. The molecule has 0 bridgehead atoms. The van der Waals surface area contributed by atoms with Gasteiger partial charge in [0.2, 0.25) is 0 Å². The van der Waals surface area contributed by atoms with Crippen molar-refractivity contribution < 1.29 is 28.5 Å². The van der Waals surface area contributed by atoms with E-state index in [4.69, 9.17) is 29.4 Å². The number of alkyl carbamates (subject to hydrolysis) is 1. The molecule has 3 N–H and O–H groups in total. The zero-order chi connectivity index (χ0) is 23.1. The Labute approximate surface area is 195 Å². The maximum absolute atomic E-state index is 12.1. The summed E-state index contributed by atoms with van der Waals surface area (Å²) in [5.41, 5.74) is 10.1. The maximum atomic E-state index is 12.1. The number of carbonyl (C=O) groups excluding carboxylic acids is 1. The first-order valence-electron chi connectivity index (χ1n) is 11.4. The molecular formula is C25H34N2O6. The predicted molar refractivity (Wildman–Crippen MR) is 125 cm³/mol. The molecule has 180 valence electrons. The lowest BCUT2D eigenvalue weighted by molar-refractivity contribution is -0.000641. The van der Waals surface area contributed by atoms with Crippen molar-refractivity contribution in [3.8, 4) is 11.1 Å². The van der Waals surface area contributed by atoms with Gasteiger partial charge in [-0.3, -0.25) is 0 Å². The number of amides is 1. The van der Waals surface area contributed by atoms with Gasteiger partial charge in [0.15, 0.2) is 0 Å². The molecule has 3 rings (SSSR count). The van der Waals surface area contributed by atoms with Gasteiger partial charge in [-0.25, -0.2) is 4.79 Å². The zero-order valence-electron chi connectivity index (χ0n) is 19.0. The number of nitrogens with two attached hydrogens (primary N) is 1. The highest BCUT2D eigenvalue weighted by Crippen LogP contribution is 2.44. The largest absolute Gasteiger partial charge is 0.449 e. The predicted octanol–water partition coefficient (Wildman–Crippen LogP) is 2.55. The molecule has 1 aliphatic carbocycles. The van der Waals surface area contributed by atoms with Crippen LogP contribution in [0.5, 0.6) is 0 Å². The summed E-state index contributed by atoms with van der Waals surface area (Å²) in [6.45, 7) is 5.13. The van der Waals surface area contributed by atoms with Gasteiger partial charge in [0.1, 0.15) is 6.61 Å². The van der Waals surface area contributed by atoms with Crippen LogP contribution >= 0.6 is 0 Å². The maximum Gasteiger partial charge on any atom is 0.407 e. The van der Waals surface area contributed by atoms with Crippen molar-refractivity contribution in [2.45, 2.75) is 5.92 Å². The summed E-state index contributed by atoms with van der Waals surface area (Å²) in [4.78, 5) is 12.1. The van der Waals surface area contributed by atoms with E-state index in [0.29, 0.717) is 72.6 Å². The van der Waals surface area contributed by atoms with Crippen LogP contribution in [-0.4, -0.2) is 78.6 Å². The van der Waals surface area contributed by atoms with Crippen LogP contribution in [0.15, 0.2) is 48.5 Å². The second kappa shape index (κ2) is 14.6. The molecular weight excluding hydrogens is 424 g/mol. The summed E-state index contributed by atoms with van der Waals surface area (Å²) in [5.74, 6) is 0.0546. The van der Waals surface area contributed by atoms with Gasteiger partial charge in [0.25, 0.3) is 0 Å². The molecule has 1 aliphatic rings. The first-order chi connectivity index (χ1) is 16.3. The second-order valence-electron chi connectivity index (χ2n) is 7.49. The summed E-state index contributed by atoms with van der Waals surface area (Å²) in [6, 6.07) is 16.5. The number of hydrogen-bond acceptors (Lipinski definition) is 7. The van der Waals surface area contributed by atoms with Crippen molar-refractivity contribution in [3.05, 3.63) is 59.7 Å². The second-order valence-corrected chi connectivity index (χ2v) is 7.49. The van der Waals surface area contributed by atoms with Gasteiger partial charge in [-0.15, -0.1) is 0 Å². The van der Waals surface area contributed by atoms with E-state index in [-0.39, 0.29) is 5.92 Å². The van der Waals surface area contributed by atoms with E-state index in [1.54, 1.807) is 0 Å². The van der Waals surface area contributed by atoms with E-state index < -0.39 is 6.09 Å². The number of carbonyl (C=O) groups is 1. The van der Waals surface area contributed by atoms with Crippen molar-refractivity contribution in [2.24, 2.45) is 5.73 Å². The van der Waals surface area contributed by atoms with Gasteiger partial charge in [-0.05, 0) is 22.3 Å². The molecule has 0 aliphatic heterocycles. The number of fused-ring (bicyclic) bond motifs is 3. The molecule has 0 aromatic heterocycles. The van der Waals surface area contributed by atoms with E-state index in [2.05, 4.69) is 29.6 Å². The van der Waals surface area contributed by atoms with Gasteiger partial charge in [-0.2, -0.15) is 0 Å². The third-order valence-corrected chi connectivity index (χ3v) is 5.24. The molecule has 8 nitrogen and oxygen atoms in total. The van der Waals surface area contributed by atoms with Crippen molar-refractivity contribution in [1.82, 2.24) is 5.32 Å². The summed E-state index contributed by atoms with van der Waals surface area (Å²) >= 11 is 0. The van der Waals surface area contributed by atoms with Crippen molar-refractivity contribution in [3.63, 3.8) is 0 Å². The van der Waals surface area contributed by atoms with Crippen LogP contribution in [0.1, 0.15) is 17.0 Å². The normalized spacial score (nSPS) is 12.4. The van der Waals surface area contributed by atoms with E-state index in [1.807, 2.05) is 24.3 Å². The Kier molecular flexibility index (Phi) is 11.1. The molecule has 0 atom stereocenters. The minimum absolute atomic E-state index is 0.0546. The van der Waals surface area contributed by atoms with Gasteiger partial charge < -0.3 is 34.7 Å². The fourth-order valence-electron chi connectivity index (χ4n) is 3.72. The zero-order valence-corrected chi connectivity index (χ0v) is 19.0. The van der Waals surface area contributed by atoms with Crippen molar-refractivity contribution in [1.29, 1.82) is 0 Å². The fraction of sp³-hybridized carbons (Fsp3) is 0.480. The van der Waals surface area contributed by atoms with E-state index >= 15 is 0 Å². The highest BCUT2D eigenvalue weighted by Gasteiger charge is 2.28. The van der Waals surface area contributed by atoms with Crippen LogP contribution < -0.4 is 11.1 Å². The summed E-state index contributed by atoms with van der Waals surface area (Å²) in [5, 5.41) is 2.73. The Morgan fingerprint density at radius 2 is 1.21 bits per heavy atom. The van der Waals surface area contributed by atoms with Crippen LogP contribution in [0.3, 0.4) is 0 Å². The van der Waals surface area contributed by atoms with E-state index in [0.717, 1.165) is 0 Å². The van der Waals surface area contributed by atoms with Crippen LogP contribution in [0.4, 0.5) is 4.79 Å². The molecule has 0 radical (unpaired) electrons. The monoisotopic (exact) mass is 458 g/mol. The van der Waals surface area contributed by atoms with Gasteiger partial charge in [-0.1, -0.05) is 48.5 Å². The Balaban J connectivity index is 1.21. The molecule has 2 aromatic rings. The lowest BCUT2D eigenvalue weighted by atomic mass is 9.98. The van der Waals surface area contributed by atoms with Gasteiger partial charge >= 0.3 is 6.09 Å². The molecule has 2 aromatic carbocycles. The minimum Gasteiger partial charge on any atom is -0.449 e. The lowest BCUT2D eigenvalue weighted by Crippen LogP contribution is -2.29. The minimum atomic E-state index is -0.440. The van der Waals surface area contributed by atoms with Crippen LogP contribution in [-0.2, 0) is 23.7 Å². The standard InChI is InChI=1S/C25H34N2O6/c26-9-11-29-13-15-31-17-18-32-16-14-30-12-10-27-25(28)33-19-24-22-7-3-1-5-20(22)21-6-2-4-8-23(21)24/h1-8,24H,9-19,26H2,(H,27,28). The Morgan fingerprint density at radius 1 is 0.727 bits per heavy atom. The summed E-state index contributed by atoms with van der Waals surface area (Å²) < 4.78 is 26.9. The van der Waals surface area contributed by atoms with Gasteiger partial charge in [0, 0.05) is 19.0 Å². The van der Waals surface area contributed by atoms with Crippen molar-refractivity contribution in [2.75, 3.05) is 72.6 Å². The van der Waals surface area contributed by atoms with Crippen LogP contribution in [0.2, 0.25) is 0 Å². The molecule has 1 amide bonds. The molecule has 0 heterocycles. The van der Waals surface area contributed by atoms with Crippen molar-refractivity contribution >= 4 is 6.09 Å². The van der Waals surface area contributed by atoms with Gasteiger partial charge in [0.05, 0.1) is 52.9 Å². The lowest BCUT2D eigenvalue weighted by Gasteiger charge is -2.14. The van der Waals surface area contributed by atoms with E-state index in [9.17, 15) is 4.79 Å². The highest BCUT2D eigenvalue weighted by molar-refractivity contribution is 5.79. The van der Waals surface area contributed by atoms with Crippen LogP contribution in [0.25, 0.3) is 11.1 Å². The molecule has 0 spiro atoms. The number of rotatable bonds is 16. The molecule has 33 heavy (non-hydrogen) atoms. The molecule has 8 heteroatoms. The average molecular weight is 459 g/mol. The number of benzene rings is 2. The average Bonchev–Trinajstić information content (AvgIpc) is 3.16. The first kappa shape index (κ1) is 25.1. The number of ether oxygens (including phenoxy) is 5. The Morgan fingerprint density at radius 3 is 1.76 bits per heavy atom. The first-order valence-corrected chi connectivity index (χ1v) is 11.4. The summed E-state index contributed by atoms with van der Waals surface area (Å²) in [6.07, 6.45) is -0.440. The molecule has 0 unspecified atom stereocenters. The third-order valence-electron chi connectivity index (χ3n) is 5.24.